The Bertz CT molecular complexity index is 507. The number of aromatic nitrogens is 2. The third-order valence-corrected chi connectivity index (χ3v) is 3.41. The van der Waals surface area contributed by atoms with Crippen LogP contribution in [-0.2, 0) is 16.6 Å². The van der Waals surface area contributed by atoms with Gasteiger partial charge in [-0.1, -0.05) is 0 Å². The zero-order valence-electron chi connectivity index (χ0n) is 11.8. The molecule has 6 heteroatoms. The number of amides is 2. The molecule has 1 N–H and O–H groups in total. The van der Waals surface area contributed by atoms with Gasteiger partial charge in [-0.25, -0.2) is 0 Å². The van der Waals surface area contributed by atoms with Crippen molar-refractivity contribution in [3.63, 3.8) is 0 Å². The van der Waals surface area contributed by atoms with Crippen LogP contribution in [0.4, 0.5) is 5.82 Å². The lowest BCUT2D eigenvalue weighted by Gasteiger charge is -2.20. The highest BCUT2D eigenvalue weighted by atomic mass is 16.2. The highest BCUT2D eigenvalue weighted by Crippen LogP contribution is 2.21. The van der Waals surface area contributed by atoms with Gasteiger partial charge in [-0.3, -0.25) is 14.3 Å². The van der Waals surface area contributed by atoms with E-state index in [0.717, 1.165) is 5.69 Å². The number of hydrogen-bond acceptors (Lipinski definition) is 3. The van der Waals surface area contributed by atoms with Crippen molar-refractivity contribution in [2.45, 2.75) is 33.2 Å². The number of likely N-dealkylation sites (tertiary alicyclic amines) is 1. The van der Waals surface area contributed by atoms with Gasteiger partial charge in [0, 0.05) is 32.1 Å². The molecule has 1 atom stereocenters. The zero-order valence-corrected chi connectivity index (χ0v) is 11.8. The summed E-state index contributed by atoms with van der Waals surface area (Å²) in [4.78, 5) is 25.7. The van der Waals surface area contributed by atoms with Crippen LogP contribution in [0, 0.1) is 12.8 Å². The number of nitrogens with one attached hydrogen (secondary N) is 1. The number of nitrogens with zero attached hydrogens (tertiary/aromatic N) is 3. The minimum Gasteiger partial charge on any atom is -0.339 e. The van der Waals surface area contributed by atoms with E-state index in [1.165, 1.54) is 0 Å². The smallest absolute Gasteiger partial charge is 0.230 e. The molecule has 0 aromatic carbocycles. The molecule has 1 aliphatic rings. The SMILES string of the molecule is Cc1cc(NC(=O)[C@H]2CC(=O)N(C(C)C)C2)n(C)n1. The second kappa shape index (κ2) is 5.03. The van der Waals surface area contributed by atoms with Gasteiger partial charge in [-0.15, -0.1) is 0 Å². The van der Waals surface area contributed by atoms with E-state index in [0.29, 0.717) is 18.8 Å². The van der Waals surface area contributed by atoms with Crippen LogP contribution in [0.5, 0.6) is 0 Å². The Morgan fingerprint density at radius 2 is 2.21 bits per heavy atom. The van der Waals surface area contributed by atoms with Crippen LogP contribution in [0.25, 0.3) is 0 Å². The monoisotopic (exact) mass is 264 g/mol. The first kappa shape index (κ1) is 13.6. The standard InChI is InChI=1S/C13H20N4O2/c1-8(2)17-7-10(6-12(17)18)13(19)14-11-5-9(3)15-16(11)4/h5,8,10H,6-7H2,1-4H3,(H,14,19)/t10-/m0/s1. The maximum atomic E-state index is 12.2. The van der Waals surface area contributed by atoms with Crippen molar-refractivity contribution in [1.82, 2.24) is 14.7 Å². The summed E-state index contributed by atoms with van der Waals surface area (Å²) in [6.45, 7) is 6.29. The topological polar surface area (TPSA) is 67.2 Å². The van der Waals surface area contributed by atoms with Gasteiger partial charge in [0.05, 0.1) is 11.6 Å². The van der Waals surface area contributed by atoms with Gasteiger partial charge in [-0.05, 0) is 20.8 Å². The average Bonchev–Trinajstić information content (AvgIpc) is 2.83. The van der Waals surface area contributed by atoms with Crippen molar-refractivity contribution in [3.05, 3.63) is 11.8 Å². The number of carbonyl (C=O) groups is 2. The molecule has 1 aromatic heterocycles. The number of carbonyl (C=O) groups excluding carboxylic acids is 2. The predicted octanol–water partition coefficient (Wildman–Crippen LogP) is 0.924. The van der Waals surface area contributed by atoms with Crippen LogP contribution in [0.1, 0.15) is 26.0 Å². The molecule has 0 bridgehead atoms. The summed E-state index contributed by atoms with van der Waals surface area (Å²) in [5.74, 6) is 0.332. The Morgan fingerprint density at radius 1 is 1.53 bits per heavy atom. The summed E-state index contributed by atoms with van der Waals surface area (Å²) in [5, 5.41) is 7.01. The minimum absolute atomic E-state index is 0.0522. The van der Waals surface area contributed by atoms with E-state index in [9.17, 15) is 9.59 Å². The largest absolute Gasteiger partial charge is 0.339 e. The predicted molar refractivity (Wildman–Crippen MR) is 71.5 cm³/mol. The Hall–Kier alpha value is -1.85. The van der Waals surface area contributed by atoms with Crippen LogP contribution in [-0.4, -0.2) is 39.1 Å². The van der Waals surface area contributed by atoms with Gasteiger partial charge in [-0.2, -0.15) is 5.10 Å². The third-order valence-electron chi connectivity index (χ3n) is 3.41. The summed E-state index contributed by atoms with van der Waals surface area (Å²) >= 11 is 0. The highest BCUT2D eigenvalue weighted by Gasteiger charge is 2.35. The van der Waals surface area contributed by atoms with Crippen molar-refractivity contribution in [1.29, 1.82) is 0 Å². The van der Waals surface area contributed by atoms with Gasteiger partial charge >= 0.3 is 0 Å². The molecule has 104 valence electrons. The molecule has 2 rings (SSSR count). The van der Waals surface area contributed by atoms with Crippen molar-refractivity contribution in [2.75, 3.05) is 11.9 Å². The van der Waals surface area contributed by atoms with E-state index in [1.807, 2.05) is 26.8 Å². The summed E-state index contributed by atoms with van der Waals surface area (Å²) in [6, 6.07) is 1.96. The van der Waals surface area contributed by atoms with Gasteiger partial charge in [0.15, 0.2) is 0 Å². The maximum absolute atomic E-state index is 12.2. The fourth-order valence-corrected chi connectivity index (χ4v) is 2.36. The Morgan fingerprint density at radius 3 is 2.68 bits per heavy atom. The molecule has 0 saturated carbocycles. The van der Waals surface area contributed by atoms with Gasteiger partial charge < -0.3 is 10.2 Å². The molecule has 0 aliphatic carbocycles. The van der Waals surface area contributed by atoms with Gasteiger partial charge in [0.1, 0.15) is 5.82 Å². The van der Waals surface area contributed by atoms with Crippen molar-refractivity contribution in [3.8, 4) is 0 Å². The van der Waals surface area contributed by atoms with E-state index >= 15 is 0 Å². The van der Waals surface area contributed by atoms with Crippen LogP contribution in [0.3, 0.4) is 0 Å². The molecule has 0 unspecified atom stereocenters. The second-order valence-electron chi connectivity index (χ2n) is 5.32. The quantitative estimate of drug-likeness (QED) is 0.883. The number of hydrogen-bond donors (Lipinski definition) is 1. The Balaban J connectivity index is 2.02. The lowest BCUT2D eigenvalue weighted by Crippen LogP contribution is -2.33. The normalized spacial score (nSPS) is 19.3. The first-order valence-electron chi connectivity index (χ1n) is 6.49. The average molecular weight is 264 g/mol. The van der Waals surface area contributed by atoms with Crippen molar-refractivity contribution < 1.29 is 9.59 Å². The molecule has 0 spiro atoms. The Labute approximate surface area is 112 Å². The molecule has 2 heterocycles. The van der Waals surface area contributed by atoms with Crippen LogP contribution >= 0.6 is 0 Å². The summed E-state index contributed by atoms with van der Waals surface area (Å²) in [7, 11) is 1.78. The van der Waals surface area contributed by atoms with Crippen LogP contribution in [0.2, 0.25) is 0 Å². The maximum Gasteiger partial charge on any atom is 0.230 e. The first-order chi connectivity index (χ1) is 8.88. The van der Waals surface area contributed by atoms with Crippen LogP contribution < -0.4 is 5.32 Å². The minimum atomic E-state index is -0.273. The van der Waals surface area contributed by atoms with Crippen molar-refractivity contribution in [2.24, 2.45) is 13.0 Å². The number of anilines is 1. The molecule has 1 aromatic rings. The van der Waals surface area contributed by atoms with E-state index in [-0.39, 0.29) is 23.8 Å². The van der Waals surface area contributed by atoms with E-state index in [2.05, 4.69) is 10.4 Å². The summed E-state index contributed by atoms with van der Waals surface area (Å²) < 4.78 is 1.63. The fourth-order valence-electron chi connectivity index (χ4n) is 2.36. The molecule has 2 amide bonds. The molecule has 1 saturated heterocycles. The van der Waals surface area contributed by atoms with Gasteiger partial charge in [0.25, 0.3) is 0 Å². The van der Waals surface area contributed by atoms with E-state index in [4.69, 9.17) is 0 Å². The second-order valence-corrected chi connectivity index (χ2v) is 5.32. The molecular weight excluding hydrogens is 244 g/mol. The molecular formula is C13H20N4O2. The molecule has 6 nitrogen and oxygen atoms in total. The fraction of sp³-hybridized carbons (Fsp3) is 0.615. The van der Waals surface area contributed by atoms with E-state index in [1.54, 1.807) is 16.6 Å². The molecule has 0 radical (unpaired) electrons. The highest BCUT2D eigenvalue weighted by molar-refractivity contribution is 5.96. The van der Waals surface area contributed by atoms with Crippen molar-refractivity contribution >= 4 is 17.6 Å². The summed E-state index contributed by atoms with van der Waals surface area (Å²) in [5.41, 5.74) is 0.851. The summed E-state index contributed by atoms with van der Waals surface area (Å²) in [6.07, 6.45) is 0.293. The lowest BCUT2D eigenvalue weighted by atomic mass is 10.1. The van der Waals surface area contributed by atoms with Gasteiger partial charge in [0.2, 0.25) is 11.8 Å². The molecule has 1 fully saturated rings. The van der Waals surface area contributed by atoms with Crippen LogP contribution in [0.15, 0.2) is 6.07 Å². The molecule has 19 heavy (non-hydrogen) atoms. The molecule has 1 aliphatic heterocycles. The zero-order chi connectivity index (χ0) is 14.2. The first-order valence-corrected chi connectivity index (χ1v) is 6.49. The Kier molecular flexibility index (Phi) is 3.59. The third kappa shape index (κ3) is 2.77. The lowest BCUT2D eigenvalue weighted by molar-refractivity contribution is -0.129. The number of aryl methyl sites for hydroxylation is 2. The van der Waals surface area contributed by atoms with E-state index < -0.39 is 0 Å². The number of rotatable bonds is 3.